The van der Waals surface area contributed by atoms with Gasteiger partial charge in [-0.15, -0.1) is 0 Å². The Kier molecular flexibility index (Phi) is 5.81. The van der Waals surface area contributed by atoms with Crippen LogP contribution in [0.2, 0.25) is 5.02 Å². The van der Waals surface area contributed by atoms with Gasteiger partial charge in [-0.3, -0.25) is 15.1 Å². The fourth-order valence-corrected chi connectivity index (χ4v) is 2.67. The summed E-state index contributed by atoms with van der Waals surface area (Å²) in [5.74, 6) is 5.03. The van der Waals surface area contributed by atoms with E-state index in [2.05, 4.69) is 15.2 Å². The summed E-state index contributed by atoms with van der Waals surface area (Å²) in [5, 5.41) is 0.733. The minimum absolute atomic E-state index is 0.211. The largest absolute Gasteiger partial charge is 0.383 e. The van der Waals surface area contributed by atoms with E-state index in [1.54, 1.807) is 7.11 Å². The summed E-state index contributed by atoms with van der Waals surface area (Å²) in [6.07, 6.45) is 0. The number of nitrogens with one attached hydrogen (secondary N) is 1. The molecule has 0 radical (unpaired) electrons. The van der Waals surface area contributed by atoms with Crippen LogP contribution < -0.4 is 16.2 Å². The van der Waals surface area contributed by atoms with Crippen molar-refractivity contribution >= 4 is 23.2 Å². The number of hydrazine groups is 1. The quantitative estimate of drug-likeness (QED) is 0.470. The monoisotopic (exact) mass is 312 g/mol. The number of amides is 1. The number of halogens is 1. The van der Waals surface area contributed by atoms with E-state index in [4.69, 9.17) is 22.2 Å². The highest BCUT2D eigenvalue weighted by Crippen LogP contribution is 2.20. The number of nitrogens with zero attached hydrogens (tertiary/aromatic N) is 2. The second-order valence-electron chi connectivity index (χ2n) is 4.98. The number of hydrogen-bond donors (Lipinski definition) is 2. The Hall–Kier alpha value is -1.34. The van der Waals surface area contributed by atoms with Crippen molar-refractivity contribution in [2.75, 3.05) is 44.8 Å². The molecule has 1 atom stereocenters. The number of rotatable bonds is 5. The van der Waals surface area contributed by atoms with E-state index >= 15 is 0 Å². The fraction of sp³-hybridized carbons (Fsp3) is 0.500. The first kappa shape index (κ1) is 16.0. The summed E-state index contributed by atoms with van der Waals surface area (Å²) in [6.45, 7) is 3.59. The molecule has 6 nitrogen and oxygen atoms in total. The first-order valence-corrected chi connectivity index (χ1v) is 7.27. The topological polar surface area (TPSA) is 70.8 Å². The van der Waals surface area contributed by atoms with Crippen molar-refractivity contribution in [3.05, 3.63) is 29.3 Å². The average Bonchev–Trinajstić information content (AvgIpc) is 2.53. The molecule has 2 rings (SSSR count). The van der Waals surface area contributed by atoms with Gasteiger partial charge in [0.15, 0.2) is 0 Å². The Balaban J connectivity index is 1.95. The summed E-state index contributed by atoms with van der Waals surface area (Å²) in [6, 6.07) is 7.46. The molecule has 1 amide bonds. The van der Waals surface area contributed by atoms with Crippen molar-refractivity contribution in [1.29, 1.82) is 0 Å². The molecule has 116 valence electrons. The predicted molar refractivity (Wildman–Crippen MR) is 83.2 cm³/mol. The maximum absolute atomic E-state index is 11.8. The predicted octanol–water partition coefficient (Wildman–Crippen LogP) is 0.467. The molecule has 0 spiro atoms. The molecular formula is C14H21ClN4O2. The van der Waals surface area contributed by atoms with Crippen molar-refractivity contribution in [1.82, 2.24) is 10.3 Å². The van der Waals surface area contributed by atoms with E-state index < -0.39 is 0 Å². The molecule has 1 unspecified atom stereocenters. The van der Waals surface area contributed by atoms with Crippen LogP contribution in [0.15, 0.2) is 24.3 Å². The third-order valence-electron chi connectivity index (χ3n) is 3.72. The van der Waals surface area contributed by atoms with Crippen molar-refractivity contribution in [2.24, 2.45) is 5.84 Å². The first-order valence-electron chi connectivity index (χ1n) is 6.89. The lowest BCUT2D eigenvalue weighted by Crippen LogP contribution is -2.57. The standard InChI is InChI=1S/C14H21ClN4O2/c1-21-10-13(14(20)17-16)19-8-6-18(7-9-19)12-4-2-11(15)3-5-12/h2-5,13H,6-10,16H2,1H3,(H,17,20). The highest BCUT2D eigenvalue weighted by atomic mass is 35.5. The third kappa shape index (κ3) is 4.07. The molecule has 1 aromatic rings. The zero-order valence-electron chi connectivity index (χ0n) is 12.1. The summed E-state index contributed by atoms with van der Waals surface area (Å²) in [7, 11) is 1.58. The normalized spacial score (nSPS) is 17.6. The molecule has 21 heavy (non-hydrogen) atoms. The van der Waals surface area contributed by atoms with E-state index in [0.717, 1.165) is 36.9 Å². The Morgan fingerprint density at radius 1 is 1.33 bits per heavy atom. The van der Waals surface area contributed by atoms with Crippen LogP contribution in [0.25, 0.3) is 0 Å². The molecule has 1 saturated heterocycles. The zero-order valence-corrected chi connectivity index (χ0v) is 12.8. The minimum atomic E-state index is -0.340. The SMILES string of the molecule is COCC(C(=O)NN)N1CCN(c2ccc(Cl)cc2)CC1. The molecule has 3 N–H and O–H groups in total. The van der Waals surface area contributed by atoms with E-state index in [-0.39, 0.29) is 11.9 Å². The van der Waals surface area contributed by atoms with Crippen LogP contribution in [0.1, 0.15) is 0 Å². The highest BCUT2D eigenvalue weighted by Gasteiger charge is 2.28. The number of benzene rings is 1. The van der Waals surface area contributed by atoms with Crippen LogP contribution in [-0.4, -0.2) is 56.7 Å². The summed E-state index contributed by atoms with van der Waals surface area (Å²) < 4.78 is 5.12. The molecule has 0 aromatic heterocycles. The molecular weight excluding hydrogens is 292 g/mol. The number of hydrogen-bond acceptors (Lipinski definition) is 5. The zero-order chi connectivity index (χ0) is 15.2. The van der Waals surface area contributed by atoms with Crippen LogP contribution in [-0.2, 0) is 9.53 Å². The average molecular weight is 313 g/mol. The third-order valence-corrected chi connectivity index (χ3v) is 3.97. The number of piperazine rings is 1. The van der Waals surface area contributed by atoms with E-state index in [9.17, 15) is 4.79 Å². The Morgan fingerprint density at radius 3 is 2.48 bits per heavy atom. The molecule has 1 fully saturated rings. The molecule has 0 saturated carbocycles. The number of carbonyl (C=O) groups excluding carboxylic acids is 1. The lowest BCUT2D eigenvalue weighted by atomic mass is 10.2. The van der Waals surface area contributed by atoms with Gasteiger partial charge in [-0.1, -0.05) is 11.6 Å². The second-order valence-corrected chi connectivity index (χ2v) is 5.42. The van der Waals surface area contributed by atoms with E-state index in [1.807, 2.05) is 24.3 Å². The minimum Gasteiger partial charge on any atom is -0.383 e. The van der Waals surface area contributed by atoms with Crippen LogP contribution in [0.5, 0.6) is 0 Å². The maximum Gasteiger partial charge on any atom is 0.253 e. The number of nitrogens with two attached hydrogens (primary N) is 1. The van der Waals surface area contributed by atoms with Gasteiger partial charge in [-0.05, 0) is 24.3 Å². The van der Waals surface area contributed by atoms with Gasteiger partial charge in [0.2, 0.25) is 0 Å². The number of methoxy groups -OCH3 is 1. The van der Waals surface area contributed by atoms with E-state index in [0.29, 0.717) is 6.61 Å². The maximum atomic E-state index is 11.8. The first-order chi connectivity index (χ1) is 10.2. The Bertz CT molecular complexity index is 461. The smallest absolute Gasteiger partial charge is 0.253 e. The molecule has 7 heteroatoms. The van der Waals surface area contributed by atoms with Gasteiger partial charge < -0.3 is 9.64 Å². The number of anilines is 1. The molecule has 1 aliphatic rings. The van der Waals surface area contributed by atoms with Crippen molar-refractivity contribution < 1.29 is 9.53 Å². The lowest BCUT2D eigenvalue weighted by Gasteiger charge is -2.39. The van der Waals surface area contributed by atoms with Gasteiger partial charge in [0.25, 0.3) is 5.91 Å². The molecule has 1 heterocycles. The molecule has 0 bridgehead atoms. The summed E-state index contributed by atoms with van der Waals surface area (Å²) in [4.78, 5) is 16.2. The lowest BCUT2D eigenvalue weighted by molar-refractivity contribution is -0.128. The number of ether oxygens (including phenoxy) is 1. The van der Waals surface area contributed by atoms with Gasteiger partial charge in [-0.2, -0.15) is 0 Å². The molecule has 0 aliphatic carbocycles. The highest BCUT2D eigenvalue weighted by molar-refractivity contribution is 6.30. The van der Waals surface area contributed by atoms with Crippen molar-refractivity contribution in [2.45, 2.75) is 6.04 Å². The van der Waals surface area contributed by atoms with Crippen LogP contribution in [0.3, 0.4) is 0 Å². The van der Waals surface area contributed by atoms with Crippen LogP contribution in [0.4, 0.5) is 5.69 Å². The Labute approximate surface area is 129 Å². The van der Waals surface area contributed by atoms with Gasteiger partial charge in [0.05, 0.1) is 6.61 Å². The second kappa shape index (κ2) is 7.61. The van der Waals surface area contributed by atoms with Gasteiger partial charge in [-0.25, -0.2) is 5.84 Å². The number of carbonyl (C=O) groups is 1. The van der Waals surface area contributed by atoms with Gasteiger partial charge in [0.1, 0.15) is 6.04 Å². The van der Waals surface area contributed by atoms with Crippen LogP contribution in [0, 0.1) is 0 Å². The Morgan fingerprint density at radius 2 is 1.95 bits per heavy atom. The molecule has 1 aromatic carbocycles. The van der Waals surface area contributed by atoms with Gasteiger partial charge >= 0.3 is 0 Å². The summed E-state index contributed by atoms with van der Waals surface area (Å²) in [5.41, 5.74) is 3.35. The fourth-order valence-electron chi connectivity index (χ4n) is 2.54. The van der Waals surface area contributed by atoms with Crippen molar-refractivity contribution in [3.63, 3.8) is 0 Å². The summed E-state index contributed by atoms with van der Waals surface area (Å²) >= 11 is 5.90. The van der Waals surface area contributed by atoms with Gasteiger partial charge in [0, 0.05) is 44.0 Å². The van der Waals surface area contributed by atoms with E-state index in [1.165, 1.54) is 0 Å². The molecule has 1 aliphatic heterocycles. The van der Waals surface area contributed by atoms with Crippen LogP contribution >= 0.6 is 11.6 Å². The van der Waals surface area contributed by atoms with Crippen molar-refractivity contribution in [3.8, 4) is 0 Å².